The van der Waals surface area contributed by atoms with Crippen molar-refractivity contribution in [2.45, 2.75) is 65.4 Å². The SMILES string of the molecule is CC(C)(C)OC(=O)N1CCCCC1=O.CCC(F)F. The van der Waals surface area contributed by atoms with E-state index in [0.29, 0.717) is 13.0 Å². The zero-order valence-electron chi connectivity index (χ0n) is 12.0. The molecule has 1 aliphatic heterocycles. The van der Waals surface area contributed by atoms with Gasteiger partial charge in [0.2, 0.25) is 12.3 Å². The summed E-state index contributed by atoms with van der Waals surface area (Å²) in [7, 11) is 0. The van der Waals surface area contributed by atoms with E-state index in [9.17, 15) is 18.4 Å². The van der Waals surface area contributed by atoms with Crippen molar-refractivity contribution in [2.24, 2.45) is 0 Å². The summed E-state index contributed by atoms with van der Waals surface area (Å²) in [5.41, 5.74) is -0.533. The van der Waals surface area contributed by atoms with Gasteiger partial charge in [0.1, 0.15) is 5.60 Å². The predicted molar refractivity (Wildman–Crippen MR) is 68.1 cm³/mol. The fourth-order valence-corrected chi connectivity index (χ4v) is 1.32. The Balaban J connectivity index is 0.000000555. The Morgan fingerprint density at radius 1 is 1.37 bits per heavy atom. The molecule has 1 fully saturated rings. The Labute approximate surface area is 113 Å². The summed E-state index contributed by atoms with van der Waals surface area (Å²) in [4.78, 5) is 24.1. The second kappa shape index (κ2) is 8.07. The average Bonchev–Trinajstić information content (AvgIpc) is 2.28. The second-order valence-electron chi connectivity index (χ2n) is 5.28. The molecule has 0 spiro atoms. The van der Waals surface area contributed by atoms with Crippen LogP contribution in [0.4, 0.5) is 13.6 Å². The summed E-state index contributed by atoms with van der Waals surface area (Å²) in [6.07, 6.45) is -0.445. The van der Waals surface area contributed by atoms with Crippen molar-refractivity contribution < 1.29 is 23.1 Å². The van der Waals surface area contributed by atoms with E-state index in [1.54, 1.807) is 20.8 Å². The van der Waals surface area contributed by atoms with Crippen molar-refractivity contribution >= 4 is 12.0 Å². The van der Waals surface area contributed by atoms with Crippen molar-refractivity contribution in [2.75, 3.05) is 6.54 Å². The normalized spacial score (nSPS) is 15.9. The molecule has 0 aromatic carbocycles. The van der Waals surface area contributed by atoms with Gasteiger partial charge in [0, 0.05) is 19.4 Å². The minimum atomic E-state index is -2.12. The largest absolute Gasteiger partial charge is 0.443 e. The topological polar surface area (TPSA) is 46.6 Å². The number of ether oxygens (including phenoxy) is 1. The third kappa shape index (κ3) is 8.51. The Bertz CT molecular complexity index is 301. The maximum absolute atomic E-state index is 11.5. The van der Waals surface area contributed by atoms with Crippen LogP contribution < -0.4 is 0 Å². The smallest absolute Gasteiger partial charge is 0.417 e. The molecule has 1 heterocycles. The summed E-state index contributed by atoms with van der Waals surface area (Å²) in [5.74, 6) is -0.120. The van der Waals surface area contributed by atoms with Gasteiger partial charge < -0.3 is 4.74 Å². The van der Waals surface area contributed by atoms with Crippen LogP contribution in [0.25, 0.3) is 0 Å². The Kier molecular flexibility index (Phi) is 7.56. The molecule has 112 valence electrons. The molecule has 0 N–H and O–H groups in total. The Morgan fingerprint density at radius 3 is 2.26 bits per heavy atom. The van der Waals surface area contributed by atoms with E-state index in [4.69, 9.17) is 4.74 Å². The van der Waals surface area contributed by atoms with Gasteiger partial charge in [-0.2, -0.15) is 0 Å². The third-order valence-electron chi connectivity index (χ3n) is 2.25. The zero-order valence-corrected chi connectivity index (χ0v) is 12.0. The van der Waals surface area contributed by atoms with Crippen LogP contribution in [-0.2, 0) is 9.53 Å². The molecule has 0 unspecified atom stereocenters. The van der Waals surface area contributed by atoms with E-state index in [-0.39, 0.29) is 12.3 Å². The number of alkyl halides is 2. The van der Waals surface area contributed by atoms with Crippen LogP contribution in [-0.4, -0.2) is 35.5 Å². The number of rotatable bonds is 1. The minimum Gasteiger partial charge on any atom is -0.443 e. The molecule has 0 atom stereocenters. The summed E-state index contributed by atoms with van der Waals surface area (Å²) in [5, 5.41) is 0. The molecule has 0 aromatic heterocycles. The van der Waals surface area contributed by atoms with E-state index < -0.39 is 18.1 Å². The number of hydrogen-bond donors (Lipinski definition) is 0. The van der Waals surface area contributed by atoms with Crippen molar-refractivity contribution in [3.8, 4) is 0 Å². The Hall–Kier alpha value is -1.20. The number of halogens is 2. The monoisotopic (exact) mass is 279 g/mol. The van der Waals surface area contributed by atoms with E-state index in [0.717, 1.165) is 12.8 Å². The fraction of sp³-hybridized carbons (Fsp3) is 0.846. The molecule has 1 aliphatic rings. The second-order valence-corrected chi connectivity index (χ2v) is 5.28. The maximum Gasteiger partial charge on any atom is 0.417 e. The maximum atomic E-state index is 11.5. The van der Waals surface area contributed by atoms with Crippen molar-refractivity contribution in [1.29, 1.82) is 0 Å². The molecule has 2 amide bonds. The van der Waals surface area contributed by atoms with Crippen LogP contribution in [0.5, 0.6) is 0 Å². The molecule has 6 heteroatoms. The van der Waals surface area contributed by atoms with E-state index in [2.05, 4.69) is 0 Å². The number of carbonyl (C=O) groups excluding carboxylic acids is 2. The Morgan fingerprint density at radius 2 is 1.89 bits per heavy atom. The van der Waals surface area contributed by atoms with Crippen molar-refractivity contribution in [3.63, 3.8) is 0 Å². The summed E-state index contributed by atoms with van der Waals surface area (Å²) in [6.45, 7) is 7.32. The molecule has 19 heavy (non-hydrogen) atoms. The molecule has 0 saturated carbocycles. The highest BCUT2D eigenvalue weighted by molar-refractivity contribution is 5.92. The number of nitrogens with zero attached hydrogens (tertiary/aromatic N) is 1. The molecular formula is C13H23F2NO3. The van der Waals surface area contributed by atoms with Crippen molar-refractivity contribution in [3.05, 3.63) is 0 Å². The van der Waals surface area contributed by atoms with Gasteiger partial charge in [-0.3, -0.25) is 4.79 Å². The van der Waals surface area contributed by atoms with Crippen LogP contribution in [0, 0.1) is 0 Å². The first kappa shape index (κ1) is 17.8. The third-order valence-corrected chi connectivity index (χ3v) is 2.25. The van der Waals surface area contributed by atoms with E-state index in [1.165, 1.54) is 11.8 Å². The lowest BCUT2D eigenvalue weighted by molar-refractivity contribution is -0.132. The van der Waals surface area contributed by atoms with Gasteiger partial charge in [0.05, 0.1) is 0 Å². The lowest BCUT2D eigenvalue weighted by Gasteiger charge is -2.28. The quantitative estimate of drug-likeness (QED) is 0.736. The standard InChI is InChI=1S/C10H17NO3.C3H6F2/c1-10(2,3)14-9(13)11-7-5-4-6-8(11)12;1-2-3(4)5/h4-7H2,1-3H3;3H,2H2,1H3. The van der Waals surface area contributed by atoms with Crippen LogP contribution in [0.3, 0.4) is 0 Å². The lowest BCUT2D eigenvalue weighted by Crippen LogP contribution is -2.43. The van der Waals surface area contributed by atoms with E-state index in [1.807, 2.05) is 0 Å². The highest BCUT2D eigenvalue weighted by Crippen LogP contribution is 2.15. The number of likely N-dealkylation sites (tertiary alicyclic amines) is 1. The van der Waals surface area contributed by atoms with Gasteiger partial charge in [-0.15, -0.1) is 0 Å². The van der Waals surface area contributed by atoms with Gasteiger partial charge in [0.25, 0.3) is 0 Å². The van der Waals surface area contributed by atoms with Crippen LogP contribution >= 0.6 is 0 Å². The highest BCUT2D eigenvalue weighted by Gasteiger charge is 2.28. The van der Waals surface area contributed by atoms with Gasteiger partial charge in [-0.1, -0.05) is 6.92 Å². The van der Waals surface area contributed by atoms with Crippen LogP contribution in [0.1, 0.15) is 53.4 Å². The minimum absolute atomic E-state index is 0.0278. The highest BCUT2D eigenvalue weighted by atomic mass is 19.3. The average molecular weight is 279 g/mol. The predicted octanol–water partition coefficient (Wildman–Crippen LogP) is 3.60. The van der Waals surface area contributed by atoms with Gasteiger partial charge >= 0.3 is 6.09 Å². The molecule has 1 saturated heterocycles. The molecule has 0 radical (unpaired) electrons. The van der Waals surface area contributed by atoms with Crippen LogP contribution in [0.15, 0.2) is 0 Å². The first-order valence-electron chi connectivity index (χ1n) is 6.49. The van der Waals surface area contributed by atoms with Crippen LogP contribution in [0.2, 0.25) is 0 Å². The number of imide groups is 1. The first-order valence-corrected chi connectivity index (χ1v) is 6.49. The molecule has 0 bridgehead atoms. The number of hydrogen-bond acceptors (Lipinski definition) is 3. The van der Waals surface area contributed by atoms with Gasteiger partial charge in [-0.25, -0.2) is 18.5 Å². The molecule has 0 aromatic rings. The zero-order chi connectivity index (χ0) is 15.1. The molecule has 4 nitrogen and oxygen atoms in total. The summed E-state index contributed by atoms with van der Waals surface area (Å²) >= 11 is 0. The summed E-state index contributed by atoms with van der Waals surface area (Å²) in [6, 6.07) is 0. The van der Waals surface area contributed by atoms with E-state index >= 15 is 0 Å². The first-order chi connectivity index (χ1) is 8.67. The number of carbonyl (C=O) groups is 2. The number of amides is 2. The molecular weight excluding hydrogens is 256 g/mol. The molecule has 0 aliphatic carbocycles. The summed E-state index contributed by atoms with van der Waals surface area (Å²) < 4.78 is 26.6. The molecule has 1 rings (SSSR count). The lowest BCUT2D eigenvalue weighted by atomic mass is 10.1. The van der Waals surface area contributed by atoms with Crippen molar-refractivity contribution in [1.82, 2.24) is 4.90 Å². The number of piperidine rings is 1. The van der Waals surface area contributed by atoms with Gasteiger partial charge in [0.15, 0.2) is 0 Å². The van der Waals surface area contributed by atoms with Gasteiger partial charge in [-0.05, 0) is 33.6 Å². The fourth-order valence-electron chi connectivity index (χ4n) is 1.32.